The fraction of sp³-hybridized carbons (Fsp3) is 0.318. The van der Waals surface area contributed by atoms with Crippen LogP contribution >= 0.6 is 0 Å². The monoisotopic (exact) mass is 377 g/mol. The molecule has 1 aliphatic heterocycles. The number of likely N-dealkylation sites (N-methyl/N-ethyl adjacent to an activating group) is 1. The number of hydrogen-bond donors (Lipinski definition) is 1. The molecular formula is C22H23N3O3. The molecule has 2 aliphatic rings. The number of imide groups is 1. The summed E-state index contributed by atoms with van der Waals surface area (Å²) in [7, 11) is 1.68. The maximum Gasteiger partial charge on any atom is 0.325 e. The lowest BCUT2D eigenvalue weighted by Gasteiger charge is -2.33. The Kier molecular flexibility index (Phi) is 4.63. The van der Waals surface area contributed by atoms with Crippen LogP contribution in [0.1, 0.15) is 29.5 Å². The van der Waals surface area contributed by atoms with Gasteiger partial charge in [-0.2, -0.15) is 0 Å². The van der Waals surface area contributed by atoms with E-state index in [2.05, 4.69) is 5.32 Å². The van der Waals surface area contributed by atoms with Crippen LogP contribution in [0.5, 0.6) is 0 Å². The highest BCUT2D eigenvalue weighted by Crippen LogP contribution is 2.39. The van der Waals surface area contributed by atoms with Crippen LogP contribution in [0.15, 0.2) is 54.6 Å². The molecule has 28 heavy (non-hydrogen) atoms. The second-order valence-corrected chi connectivity index (χ2v) is 7.47. The van der Waals surface area contributed by atoms with E-state index in [0.29, 0.717) is 13.0 Å². The quantitative estimate of drug-likeness (QED) is 0.832. The highest BCUT2D eigenvalue weighted by Gasteiger charge is 2.54. The first-order chi connectivity index (χ1) is 13.5. The first-order valence-electron chi connectivity index (χ1n) is 9.52. The van der Waals surface area contributed by atoms with Crippen molar-refractivity contribution >= 4 is 17.8 Å². The molecular weight excluding hydrogens is 354 g/mol. The number of benzene rings is 2. The lowest BCUT2D eigenvalue weighted by molar-refractivity contribution is -0.139. The van der Waals surface area contributed by atoms with Crippen LogP contribution in [-0.2, 0) is 28.1 Å². The van der Waals surface area contributed by atoms with Crippen LogP contribution in [0, 0.1) is 0 Å². The van der Waals surface area contributed by atoms with Crippen molar-refractivity contribution in [1.82, 2.24) is 15.1 Å². The largest absolute Gasteiger partial charge is 0.340 e. The number of nitrogens with zero attached hydrogens (tertiary/aromatic N) is 2. The van der Waals surface area contributed by atoms with E-state index in [1.54, 1.807) is 7.05 Å². The number of fused-ring (bicyclic) bond motifs is 2. The zero-order chi connectivity index (χ0) is 19.7. The molecule has 1 heterocycles. The first kappa shape index (κ1) is 18.2. The SMILES string of the molecule is CN(Cc1ccccc1)C(=O)CN1C(=O)N[C@]2(CCCc3ccccc32)C1=O. The van der Waals surface area contributed by atoms with E-state index in [1.165, 1.54) is 4.90 Å². The highest BCUT2D eigenvalue weighted by molar-refractivity contribution is 6.09. The Balaban J connectivity index is 1.52. The van der Waals surface area contributed by atoms with Gasteiger partial charge in [0.05, 0.1) is 0 Å². The number of hydrogen-bond acceptors (Lipinski definition) is 3. The molecule has 6 nitrogen and oxygen atoms in total. The molecule has 1 saturated heterocycles. The number of carbonyl (C=O) groups is 3. The van der Waals surface area contributed by atoms with Crippen molar-refractivity contribution in [1.29, 1.82) is 0 Å². The minimum atomic E-state index is -1.04. The van der Waals surface area contributed by atoms with Crippen molar-refractivity contribution in [2.75, 3.05) is 13.6 Å². The summed E-state index contributed by atoms with van der Waals surface area (Å²) in [6.45, 7) is 0.176. The molecule has 1 spiro atoms. The summed E-state index contributed by atoms with van der Waals surface area (Å²) in [6, 6.07) is 16.8. The van der Waals surface area contributed by atoms with E-state index in [4.69, 9.17) is 0 Å². The molecule has 4 amide bonds. The van der Waals surface area contributed by atoms with E-state index in [-0.39, 0.29) is 18.4 Å². The molecule has 2 aromatic carbocycles. The predicted octanol–water partition coefficient (Wildman–Crippen LogP) is 2.43. The van der Waals surface area contributed by atoms with Crippen LogP contribution in [0.4, 0.5) is 4.79 Å². The molecule has 1 aliphatic carbocycles. The summed E-state index contributed by atoms with van der Waals surface area (Å²) in [5.41, 5.74) is 1.89. The molecule has 6 heteroatoms. The van der Waals surface area contributed by atoms with Crippen LogP contribution in [-0.4, -0.2) is 41.2 Å². The molecule has 1 fully saturated rings. The van der Waals surface area contributed by atoms with Gasteiger partial charge in [0.25, 0.3) is 5.91 Å². The van der Waals surface area contributed by atoms with Crippen molar-refractivity contribution in [3.05, 3.63) is 71.3 Å². The number of amides is 4. The zero-order valence-electron chi connectivity index (χ0n) is 15.9. The number of aryl methyl sites for hydroxylation is 1. The first-order valence-corrected chi connectivity index (χ1v) is 9.52. The number of carbonyl (C=O) groups excluding carboxylic acids is 3. The molecule has 2 aromatic rings. The van der Waals surface area contributed by atoms with Crippen LogP contribution in [0.2, 0.25) is 0 Å². The Bertz CT molecular complexity index is 928. The normalized spacial score (nSPS) is 20.8. The maximum atomic E-state index is 13.2. The summed E-state index contributed by atoms with van der Waals surface area (Å²) < 4.78 is 0. The summed E-state index contributed by atoms with van der Waals surface area (Å²) in [5, 5.41) is 2.89. The summed E-state index contributed by atoms with van der Waals surface area (Å²) >= 11 is 0. The maximum absolute atomic E-state index is 13.2. The Labute approximate surface area is 164 Å². The van der Waals surface area contributed by atoms with Gasteiger partial charge in [-0.1, -0.05) is 54.6 Å². The third-order valence-electron chi connectivity index (χ3n) is 5.63. The lowest BCUT2D eigenvalue weighted by Crippen LogP contribution is -2.47. The summed E-state index contributed by atoms with van der Waals surface area (Å²) in [6.07, 6.45) is 2.26. The van der Waals surface area contributed by atoms with E-state index >= 15 is 0 Å². The van der Waals surface area contributed by atoms with Crippen LogP contribution < -0.4 is 5.32 Å². The van der Waals surface area contributed by atoms with E-state index in [1.807, 2.05) is 54.6 Å². The summed E-state index contributed by atoms with van der Waals surface area (Å²) in [5.74, 6) is -0.598. The van der Waals surface area contributed by atoms with Crippen molar-refractivity contribution in [3.8, 4) is 0 Å². The zero-order valence-corrected chi connectivity index (χ0v) is 15.9. The van der Waals surface area contributed by atoms with Crippen molar-refractivity contribution < 1.29 is 14.4 Å². The predicted molar refractivity (Wildman–Crippen MR) is 104 cm³/mol. The fourth-order valence-corrected chi connectivity index (χ4v) is 4.16. The van der Waals surface area contributed by atoms with Crippen molar-refractivity contribution in [3.63, 3.8) is 0 Å². The van der Waals surface area contributed by atoms with E-state index in [0.717, 1.165) is 34.4 Å². The molecule has 0 radical (unpaired) electrons. The average Bonchev–Trinajstić information content (AvgIpc) is 2.94. The van der Waals surface area contributed by atoms with Crippen LogP contribution in [0.25, 0.3) is 0 Å². The van der Waals surface area contributed by atoms with E-state index in [9.17, 15) is 14.4 Å². The van der Waals surface area contributed by atoms with Gasteiger partial charge in [0.2, 0.25) is 5.91 Å². The number of nitrogens with one attached hydrogen (secondary N) is 1. The molecule has 0 bridgehead atoms. The Morgan fingerprint density at radius 1 is 1.11 bits per heavy atom. The Hall–Kier alpha value is -3.15. The van der Waals surface area contributed by atoms with Crippen LogP contribution in [0.3, 0.4) is 0 Å². The van der Waals surface area contributed by atoms with Gasteiger partial charge >= 0.3 is 6.03 Å². The minimum Gasteiger partial charge on any atom is -0.340 e. The summed E-state index contributed by atoms with van der Waals surface area (Å²) in [4.78, 5) is 41.1. The number of rotatable bonds is 4. The molecule has 0 unspecified atom stereocenters. The molecule has 144 valence electrons. The standard InChI is InChI=1S/C22H23N3O3/c1-24(14-16-8-3-2-4-9-16)19(26)15-25-20(27)22(23-21(25)28)13-7-11-17-10-5-6-12-18(17)22/h2-6,8-10,12H,7,11,13-15H2,1H3,(H,23,28)/t22-/m0/s1. The molecule has 0 saturated carbocycles. The van der Waals surface area contributed by atoms with Gasteiger partial charge in [0.1, 0.15) is 12.1 Å². The third-order valence-corrected chi connectivity index (χ3v) is 5.63. The van der Waals surface area contributed by atoms with Gasteiger partial charge in [-0.3, -0.25) is 14.5 Å². The Morgan fingerprint density at radius 2 is 1.82 bits per heavy atom. The second-order valence-electron chi connectivity index (χ2n) is 7.47. The Morgan fingerprint density at radius 3 is 2.61 bits per heavy atom. The minimum absolute atomic E-state index is 0.252. The van der Waals surface area contributed by atoms with E-state index < -0.39 is 11.6 Å². The lowest BCUT2D eigenvalue weighted by atomic mass is 9.76. The third kappa shape index (κ3) is 3.05. The van der Waals surface area contributed by atoms with Gasteiger partial charge < -0.3 is 10.2 Å². The average molecular weight is 377 g/mol. The topological polar surface area (TPSA) is 69.7 Å². The fourth-order valence-electron chi connectivity index (χ4n) is 4.16. The van der Waals surface area contributed by atoms with Gasteiger partial charge in [-0.15, -0.1) is 0 Å². The molecule has 0 aromatic heterocycles. The molecule has 1 atom stereocenters. The highest BCUT2D eigenvalue weighted by atomic mass is 16.2. The smallest absolute Gasteiger partial charge is 0.325 e. The number of urea groups is 1. The second kappa shape index (κ2) is 7.11. The van der Waals surface area contributed by atoms with Gasteiger partial charge in [0.15, 0.2) is 0 Å². The molecule has 1 N–H and O–H groups in total. The van der Waals surface area contributed by atoms with Gasteiger partial charge in [-0.25, -0.2) is 4.79 Å². The van der Waals surface area contributed by atoms with Crippen molar-refractivity contribution in [2.24, 2.45) is 0 Å². The van der Waals surface area contributed by atoms with Gasteiger partial charge in [-0.05, 0) is 36.0 Å². The molecule has 4 rings (SSSR count). The van der Waals surface area contributed by atoms with Gasteiger partial charge in [0, 0.05) is 13.6 Å². The van der Waals surface area contributed by atoms with Crippen molar-refractivity contribution in [2.45, 2.75) is 31.3 Å².